The van der Waals surface area contributed by atoms with E-state index in [1.165, 1.54) is 25.5 Å². The second kappa shape index (κ2) is 7.79. The van der Waals surface area contributed by atoms with Crippen molar-refractivity contribution in [2.75, 3.05) is 13.1 Å². The zero-order valence-electron chi connectivity index (χ0n) is 16.0. The Morgan fingerprint density at radius 2 is 2.15 bits per heavy atom. The van der Waals surface area contributed by atoms with Crippen molar-refractivity contribution in [3.05, 3.63) is 24.3 Å². The number of aromatic nitrogens is 3. The summed E-state index contributed by atoms with van der Waals surface area (Å²) in [6.07, 6.45) is 10.9. The number of carbonyl (C=O) groups is 1. The molecule has 2 N–H and O–H groups in total. The molecule has 1 aliphatic heterocycles. The summed E-state index contributed by atoms with van der Waals surface area (Å²) in [7, 11) is 0. The predicted octanol–water partition coefficient (Wildman–Crippen LogP) is 3.76. The summed E-state index contributed by atoms with van der Waals surface area (Å²) in [6.45, 7) is 4.14. The first-order valence-electron chi connectivity index (χ1n) is 10.2. The van der Waals surface area contributed by atoms with E-state index in [1.807, 2.05) is 11.1 Å². The van der Waals surface area contributed by atoms with Crippen LogP contribution in [0.5, 0.6) is 0 Å². The first kappa shape index (κ1) is 18.1. The zero-order valence-corrected chi connectivity index (χ0v) is 16.0. The van der Waals surface area contributed by atoms with Crippen LogP contribution in [-0.4, -0.2) is 45.1 Å². The summed E-state index contributed by atoms with van der Waals surface area (Å²) in [6, 6.07) is 2.07. The summed E-state index contributed by atoms with van der Waals surface area (Å²) >= 11 is 0. The molecule has 2 aliphatic rings. The van der Waals surface area contributed by atoms with Gasteiger partial charge in [-0.2, -0.15) is 0 Å². The number of nitrogens with one attached hydrogen (secondary N) is 2. The fourth-order valence-corrected chi connectivity index (χ4v) is 5.13. The topological polar surface area (TPSA) is 85.7 Å². The van der Waals surface area contributed by atoms with Crippen LogP contribution in [0.15, 0.2) is 18.6 Å². The monoisotopic (exact) mass is 367 g/mol. The van der Waals surface area contributed by atoms with Crippen molar-refractivity contribution >= 4 is 23.2 Å². The lowest BCUT2D eigenvalue weighted by Crippen LogP contribution is -2.29. The summed E-state index contributed by atoms with van der Waals surface area (Å²) in [4.78, 5) is 26.2. The molecule has 3 heterocycles. The van der Waals surface area contributed by atoms with Crippen LogP contribution in [-0.2, 0) is 4.79 Å². The Hall–Kier alpha value is -2.24. The van der Waals surface area contributed by atoms with Crippen molar-refractivity contribution in [1.82, 2.24) is 19.9 Å². The Balaban J connectivity index is 1.28. The average molecular weight is 367 g/mol. The molecular weight excluding hydrogens is 338 g/mol. The lowest BCUT2D eigenvalue weighted by molar-refractivity contribution is -0.130. The normalized spacial score (nSPS) is 25.7. The van der Waals surface area contributed by atoms with Crippen LogP contribution in [0.2, 0.25) is 0 Å². The smallest absolute Gasteiger partial charge is 0.222 e. The van der Waals surface area contributed by atoms with Gasteiger partial charge in [0.2, 0.25) is 5.91 Å². The fourth-order valence-electron chi connectivity index (χ4n) is 5.13. The highest BCUT2D eigenvalue weighted by Crippen LogP contribution is 2.44. The highest BCUT2D eigenvalue weighted by atomic mass is 16.2. The van der Waals surface area contributed by atoms with E-state index in [1.54, 1.807) is 6.33 Å². The highest BCUT2D eigenvalue weighted by Gasteiger charge is 2.41. The maximum Gasteiger partial charge on any atom is 0.222 e. The van der Waals surface area contributed by atoms with Crippen LogP contribution in [0.25, 0.3) is 11.0 Å². The number of rotatable bonds is 7. The van der Waals surface area contributed by atoms with Crippen molar-refractivity contribution in [3.8, 4) is 0 Å². The molecule has 2 aromatic rings. The first-order valence-corrected chi connectivity index (χ1v) is 10.2. The minimum absolute atomic E-state index is 0.234. The summed E-state index contributed by atoms with van der Waals surface area (Å²) in [5, 5.41) is 8.24. The number of hydrogen-bond donors (Lipinski definition) is 2. The second-order valence-electron chi connectivity index (χ2n) is 8.38. The molecule has 6 heteroatoms. The molecule has 2 fully saturated rings. The Labute approximate surface area is 160 Å². The van der Waals surface area contributed by atoms with E-state index < -0.39 is 0 Å². The van der Waals surface area contributed by atoms with E-state index in [2.05, 4.69) is 27.9 Å². The number of amides is 1. The lowest BCUT2D eigenvalue weighted by atomic mass is 9.92. The fraction of sp³-hybridized carbons (Fsp3) is 0.619. The molecule has 6 nitrogen and oxygen atoms in total. The van der Waals surface area contributed by atoms with Crippen molar-refractivity contribution in [2.24, 2.45) is 17.8 Å². The molecule has 4 rings (SSSR count). The molecule has 27 heavy (non-hydrogen) atoms. The van der Waals surface area contributed by atoms with Gasteiger partial charge in [-0.05, 0) is 68.1 Å². The Kier molecular flexibility index (Phi) is 5.23. The molecule has 144 valence electrons. The van der Waals surface area contributed by atoms with E-state index in [-0.39, 0.29) is 5.91 Å². The zero-order chi connectivity index (χ0) is 18.8. The van der Waals surface area contributed by atoms with Crippen molar-refractivity contribution < 1.29 is 4.79 Å². The van der Waals surface area contributed by atoms with Gasteiger partial charge >= 0.3 is 0 Å². The molecule has 1 aliphatic carbocycles. The molecule has 1 amide bonds. The Bertz CT molecular complexity index is 802. The van der Waals surface area contributed by atoms with Crippen LogP contribution in [0.3, 0.4) is 0 Å². The Morgan fingerprint density at radius 3 is 2.89 bits per heavy atom. The van der Waals surface area contributed by atoms with Gasteiger partial charge in [-0.25, -0.2) is 9.97 Å². The van der Waals surface area contributed by atoms with E-state index in [0.29, 0.717) is 30.6 Å². The number of aromatic amines is 1. The van der Waals surface area contributed by atoms with Crippen molar-refractivity contribution in [3.63, 3.8) is 0 Å². The van der Waals surface area contributed by atoms with Gasteiger partial charge < -0.3 is 15.3 Å². The second-order valence-corrected chi connectivity index (χ2v) is 8.38. The van der Waals surface area contributed by atoms with Crippen LogP contribution < -0.4 is 0 Å². The van der Waals surface area contributed by atoms with Gasteiger partial charge in [-0.1, -0.05) is 6.92 Å². The molecule has 1 saturated carbocycles. The highest BCUT2D eigenvalue weighted by molar-refractivity contribution is 5.79. The summed E-state index contributed by atoms with van der Waals surface area (Å²) in [5.41, 5.74) is 2.08. The molecule has 1 saturated heterocycles. The minimum atomic E-state index is 0.234. The van der Waals surface area contributed by atoms with Gasteiger partial charge in [0.1, 0.15) is 12.0 Å². The largest absolute Gasteiger partial charge is 0.346 e. The molecule has 3 atom stereocenters. The van der Waals surface area contributed by atoms with Crippen LogP contribution in [0.4, 0.5) is 0 Å². The summed E-state index contributed by atoms with van der Waals surface area (Å²) < 4.78 is 0. The van der Waals surface area contributed by atoms with Gasteiger partial charge in [-0.15, -0.1) is 0 Å². The van der Waals surface area contributed by atoms with Gasteiger partial charge in [0.15, 0.2) is 0 Å². The van der Waals surface area contributed by atoms with Crippen LogP contribution in [0.1, 0.15) is 57.1 Å². The maximum atomic E-state index is 12.2. The number of fused-ring (bicyclic) bond motifs is 2. The standard InChI is InChI=1S/C21H29N5O/c1-14(20-18-6-8-23-21(18)25-13-24-20)4-5-15-9-16-11-26(12-17(16)10-15)19(27)3-2-7-22/h6-8,13-17,22H,2-5,9-12H2,1H3,(H,23,24,25). The van der Waals surface area contributed by atoms with Gasteiger partial charge in [0.05, 0.1) is 5.69 Å². The molecule has 0 aromatic carbocycles. The molecule has 0 spiro atoms. The lowest BCUT2D eigenvalue weighted by Gasteiger charge is -2.20. The molecule has 3 unspecified atom stereocenters. The minimum Gasteiger partial charge on any atom is -0.346 e. The van der Waals surface area contributed by atoms with Gasteiger partial charge in [0.25, 0.3) is 0 Å². The van der Waals surface area contributed by atoms with E-state index >= 15 is 0 Å². The number of likely N-dealkylation sites (tertiary alicyclic amines) is 1. The third-order valence-electron chi connectivity index (χ3n) is 6.56. The van der Waals surface area contributed by atoms with E-state index in [9.17, 15) is 4.79 Å². The predicted molar refractivity (Wildman–Crippen MR) is 106 cm³/mol. The van der Waals surface area contributed by atoms with E-state index in [4.69, 9.17) is 5.41 Å². The Morgan fingerprint density at radius 1 is 1.37 bits per heavy atom. The summed E-state index contributed by atoms with van der Waals surface area (Å²) in [5.74, 6) is 2.82. The van der Waals surface area contributed by atoms with Crippen LogP contribution in [0, 0.1) is 23.2 Å². The maximum absolute atomic E-state index is 12.2. The third-order valence-corrected chi connectivity index (χ3v) is 6.56. The molecule has 0 bridgehead atoms. The number of H-pyrrole nitrogens is 1. The van der Waals surface area contributed by atoms with Crippen molar-refractivity contribution in [2.45, 2.75) is 51.4 Å². The number of nitrogens with zero attached hydrogens (tertiary/aromatic N) is 3. The first-order chi connectivity index (χ1) is 13.2. The van der Waals surface area contributed by atoms with Gasteiger partial charge in [-0.3, -0.25) is 4.79 Å². The SMILES string of the molecule is CC(CCC1CC2CN(C(=O)CCC=N)CC2C1)c1ncnc2[nH]ccc12. The van der Waals surface area contributed by atoms with E-state index in [0.717, 1.165) is 42.2 Å². The average Bonchev–Trinajstić information content (AvgIpc) is 3.37. The molecule has 2 aromatic heterocycles. The number of hydrogen-bond acceptors (Lipinski definition) is 4. The quantitative estimate of drug-likeness (QED) is 0.731. The van der Waals surface area contributed by atoms with Gasteiger partial charge in [0, 0.05) is 31.1 Å². The van der Waals surface area contributed by atoms with Crippen LogP contribution >= 0.6 is 0 Å². The van der Waals surface area contributed by atoms with Crippen molar-refractivity contribution in [1.29, 1.82) is 5.41 Å². The molecular formula is C21H29N5O. The molecule has 0 radical (unpaired) electrons. The number of carbonyl (C=O) groups excluding carboxylic acids is 1. The third kappa shape index (κ3) is 3.75.